The van der Waals surface area contributed by atoms with Crippen LogP contribution in [0.25, 0.3) is 0 Å². The van der Waals surface area contributed by atoms with Gasteiger partial charge in [0.25, 0.3) is 0 Å². The van der Waals surface area contributed by atoms with Crippen LogP contribution >= 0.6 is 11.6 Å². The average Bonchev–Trinajstić information content (AvgIpc) is 2.78. The summed E-state index contributed by atoms with van der Waals surface area (Å²) in [6, 6.07) is 13.6. The highest BCUT2D eigenvalue weighted by molar-refractivity contribution is 6.31. The third-order valence-corrected chi connectivity index (χ3v) is 4.10. The van der Waals surface area contributed by atoms with Crippen LogP contribution in [0.5, 0.6) is 0 Å². The van der Waals surface area contributed by atoms with Gasteiger partial charge in [0.2, 0.25) is 0 Å². The van der Waals surface area contributed by atoms with Crippen molar-refractivity contribution in [1.82, 2.24) is 0 Å². The van der Waals surface area contributed by atoms with Gasteiger partial charge in [0.15, 0.2) is 0 Å². The summed E-state index contributed by atoms with van der Waals surface area (Å²) in [4.78, 5) is 14.4. The molecule has 1 heterocycles. The van der Waals surface area contributed by atoms with Gasteiger partial charge in [-0.2, -0.15) is 0 Å². The second-order valence-corrected chi connectivity index (χ2v) is 5.88. The molecule has 3 nitrogen and oxygen atoms in total. The Labute approximate surface area is 129 Å². The Bertz CT molecular complexity index is 699. The van der Waals surface area contributed by atoms with Crippen molar-refractivity contribution in [1.29, 1.82) is 0 Å². The second-order valence-electron chi connectivity index (χ2n) is 5.44. The maximum Gasteiger partial charge on any atom is 0.326 e. The molecule has 0 aromatic heterocycles. The van der Waals surface area contributed by atoms with Crippen LogP contribution in [0.2, 0.25) is 5.02 Å². The van der Waals surface area contributed by atoms with Crippen LogP contribution in [0.4, 0.5) is 16.2 Å². The zero-order valence-corrected chi connectivity index (χ0v) is 12.8. The van der Waals surface area contributed by atoms with E-state index in [-0.39, 0.29) is 12.1 Å². The van der Waals surface area contributed by atoms with E-state index >= 15 is 0 Å². The van der Waals surface area contributed by atoms with E-state index in [1.54, 1.807) is 6.07 Å². The Morgan fingerprint density at radius 2 is 2.05 bits per heavy atom. The standard InChI is InChI=1S/C17H17ClN2O/c1-11-7-8-14(18)10-15(11)19-17(21)20-12(2)9-13-5-3-4-6-16(13)20/h3-8,10,12H,9H2,1-2H3,(H,19,21). The average molecular weight is 301 g/mol. The predicted molar refractivity (Wildman–Crippen MR) is 87.3 cm³/mol. The highest BCUT2D eigenvalue weighted by atomic mass is 35.5. The Hall–Kier alpha value is -2.00. The van der Waals surface area contributed by atoms with Gasteiger partial charge in [0, 0.05) is 22.4 Å². The van der Waals surface area contributed by atoms with Gasteiger partial charge in [0.1, 0.15) is 0 Å². The van der Waals surface area contributed by atoms with E-state index in [9.17, 15) is 4.79 Å². The highest BCUT2D eigenvalue weighted by Crippen LogP contribution is 2.32. The third kappa shape index (κ3) is 2.61. The fraction of sp³-hybridized carbons (Fsp3) is 0.235. The molecule has 2 amide bonds. The predicted octanol–water partition coefficient (Wildman–Crippen LogP) is 4.63. The SMILES string of the molecule is Cc1ccc(Cl)cc1NC(=O)N1c2ccccc2CC1C. The van der Waals surface area contributed by atoms with Crippen LogP contribution in [-0.2, 0) is 6.42 Å². The van der Waals surface area contributed by atoms with Crippen LogP contribution < -0.4 is 10.2 Å². The largest absolute Gasteiger partial charge is 0.326 e. The number of hydrogen-bond donors (Lipinski definition) is 1. The number of carbonyl (C=O) groups excluding carboxylic acids is 1. The topological polar surface area (TPSA) is 32.3 Å². The molecule has 2 aromatic carbocycles. The maximum absolute atomic E-state index is 12.6. The van der Waals surface area contributed by atoms with E-state index in [4.69, 9.17) is 11.6 Å². The normalized spacial score (nSPS) is 16.7. The lowest BCUT2D eigenvalue weighted by molar-refractivity contribution is 0.256. The molecule has 1 unspecified atom stereocenters. The second kappa shape index (κ2) is 5.41. The first-order valence-corrected chi connectivity index (χ1v) is 7.38. The highest BCUT2D eigenvalue weighted by Gasteiger charge is 2.30. The van der Waals surface area contributed by atoms with Crippen LogP contribution in [0.3, 0.4) is 0 Å². The molecule has 1 aliphatic rings. The first-order chi connectivity index (χ1) is 10.1. The Morgan fingerprint density at radius 1 is 1.29 bits per heavy atom. The Morgan fingerprint density at radius 3 is 2.86 bits per heavy atom. The first-order valence-electron chi connectivity index (χ1n) is 7.00. The Balaban J connectivity index is 1.87. The summed E-state index contributed by atoms with van der Waals surface area (Å²) in [5.74, 6) is 0. The molecular weight excluding hydrogens is 284 g/mol. The molecule has 0 saturated carbocycles. The number of nitrogens with zero attached hydrogens (tertiary/aromatic N) is 1. The molecule has 1 aliphatic heterocycles. The molecule has 2 aromatic rings. The van der Waals surface area contributed by atoms with Crippen molar-refractivity contribution in [2.24, 2.45) is 0 Å². The van der Waals surface area contributed by atoms with E-state index < -0.39 is 0 Å². The van der Waals surface area contributed by atoms with Crippen molar-refractivity contribution < 1.29 is 4.79 Å². The number of anilines is 2. The van der Waals surface area contributed by atoms with Crippen molar-refractivity contribution in [2.75, 3.05) is 10.2 Å². The summed E-state index contributed by atoms with van der Waals surface area (Å²) in [6.07, 6.45) is 0.887. The molecule has 1 atom stereocenters. The fourth-order valence-electron chi connectivity index (χ4n) is 2.78. The first kappa shape index (κ1) is 14.0. The van der Waals surface area contributed by atoms with Crippen molar-refractivity contribution in [3.63, 3.8) is 0 Å². The fourth-order valence-corrected chi connectivity index (χ4v) is 2.95. The molecule has 0 aliphatic carbocycles. The molecule has 0 radical (unpaired) electrons. The lowest BCUT2D eigenvalue weighted by Crippen LogP contribution is -2.39. The molecule has 1 N–H and O–H groups in total. The van der Waals surface area contributed by atoms with Crippen LogP contribution in [0.15, 0.2) is 42.5 Å². The zero-order chi connectivity index (χ0) is 15.0. The molecule has 0 bridgehead atoms. The molecular formula is C17H17ClN2O. The van der Waals surface area contributed by atoms with Gasteiger partial charge < -0.3 is 5.32 Å². The number of benzene rings is 2. The molecule has 108 valence electrons. The van der Waals surface area contributed by atoms with Gasteiger partial charge in [0.05, 0.1) is 0 Å². The number of fused-ring (bicyclic) bond motifs is 1. The lowest BCUT2D eigenvalue weighted by atomic mass is 10.1. The van der Waals surface area contributed by atoms with Crippen molar-refractivity contribution in [3.8, 4) is 0 Å². The number of halogens is 1. The van der Waals surface area contributed by atoms with Crippen LogP contribution in [0, 0.1) is 6.92 Å². The minimum absolute atomic E-state index is 0.113. The Kier molecular flexibility index (Phi) is 3.60. The van der Waals surface area contributed by atoms with Gasteiger partial charge in [-0.25, -0.2) is 4.79 Å². The van der Waals surface area contributed by atoms with Crippen molar-refractivity contribution >= 4 is 29.0 Å². The number of nitrogens with one attached hydrogen (secondary N) is 1. The molecule has 3 rings (SSSR count). The van der Waals surface area contributed by atoms with E-state index in [2.05, 4.69) is 18.3 Å². The minimum Gasteiger partial charge on any atom is -0.307 e. The van der Waals surface area contributed by atoms with Gasteiger partial charge in [-0.05, 0) is 49.6 Å². The van der Waals surface area contributed by atoms with Crippen molar-refractivity contribution in [3.05, 3.63) is 58.6 Å². The molecule has 4 heteroatoms. The molecule has 0 fully saturated rings. The van der Waals surface area contributed by atoms with Gasteiger partial charge in [-0.1, -0.05) is 35.9 Å². The number of aryl methyl sites for hydroxylation is 1. The molecule has 21 heavy (non-hydrogen) atoms. The van der Waals surface area contributed by atoms with Gasteiger partial charge in [-0.3, -0.25) is 4.90 Å². The molecule has 0 saturated heterocycles. The van der Waals surface area contributed by atoms with E-state index in [0.29, 0.717) is 5.02 Å². The quantitative estimate of drug-likeness (QED) is 0.818. The third-order valence-electron chi connectivity index (χ3n) is 3.87. The minimum atomic E-state index is -0.113. The summed E-state index contributed by atoms with van der Waals surface area (Å²) in [7, 11) is 0. The van der Waals surface area contributed by atoms with Gasteiger partial charge >= 0.3 is 6.03 Å². The monoisotopic (exact) mass is 300 g/mol. The van der Waals surface area contributed by atoms with E-state index in [1.165, 1.54) is 5.56 Å². The number of urea groups is 1. The van der Waals surface area contributed by atoms with Gasteiger partial charge in [-0.15, -0.1) is 0 Å². The number of amides is 2. The van der Waals surface area contributed by atoms with Crippen LogP contribution in [0.1, 0.15) is 18.1 Å². The van der Waals surface area contributed by atoms with E-state index in [1.807, 2.05) is 42.2 Å². The van der Waals surface area contributed by atoms with Crippen LogP contribution in [-0.4, -0.2) is 12.1 Å². The summed E-state index contributed by atoms with van der Waals surface area (Å²) in [5.41, 5.74) is 3.95. The molecule has 0 spiro atoms. The number of hydrogen-bond acceptors (Lipinski definition) is 1. The number of carbonyl (C=O) groups is 1. The van der Waals surface area contributed by atoms with Crippen molar-refractivity contribution in [2.45, 2.75) is 26.3 Å². The maximum atomic E-state index is 12.6. The smallest absolute Gasteiger partial charge is 0.307 e. The summed E-state index contributed by atoms with van der Waals surface area (Å²) in [6.45, 7) is 4.01. The summed E-state index contributed by atoms with van der Waals surface area (Å²) >= 11 is 6.00. The number of para-hydroxylation sites is 1. The zero-order valence-electron chi connectivity index (χ0n) is 12.1. The number of rotatable bonds is 1. The lowest BCUT2D eigenvalue weighted by Gasteiger charge is -2.23. The summed E-state index contributed by atoms with van der Waals surface area (Å²) in [5, 5.41) is 3.58. The summed E-state index contributed by atoms with van der Waals surface area (Å²) < 4.78 is 0. The van der Waals surface area contributed by atoms with E-state index in [0.717, 1.165) is 23.4 Å².